The summed E-state index contributed by atoms with van der Waals surface area (Å²) in [7, 11) is 0. The molecule has 1 aliphatic heterocycles. The smallest absolute Gasteiger partial charge is 0.314 e. The van der Waals surface area contributed by atoms with Crippen LogP contribution in [-0.2, 0) is 12.6 Å². The number of halogens is 3. The van der Waals surface area contributed by atoms with Crippen molar-refractivity contribution in [3.05, 3.63) is 35.9 Å². The van der Waals surface area contributed by atoms with E-state index in [0.717, 1.165) is 25.5 Å². The van der Waals surface area contributed by atoms with Crippen LogP contribution in [0.25, 0.3) is 5.52 Å². The maximum atomic E-state index is 13.0. The third-order valence-electron chi connectivity index (χ3n) is 3.51. The summed E-state index contributed by atoms with van der Waals surface area (Å²) in [5, 5.41) is 3.28. The Hall–Kier alpha value is -1.56. The van der Waals surface area contributed by atoms with Crippen LogP contribution < -0.4 is 5.32 Å². The second kappa shape index (κ2) is 4.52. The quantitative estimate of drug-likeness (QED) is 0.908. The van der Waals surface area contributed by atoms with Crippen LogP contribution in [0.2, 0.25) is 0 Å². The van der Waals surface area contributed by atoms with Crippen molar-refractivity contribution in [3.8, 4) is 0 Å². The maximum Gasteiger partial charge on any atom is 0.431 e. The second-order valence-corrected chi connectivity index (χ2v) is 4.84. The van der Waals surface area contributed by atoms with Crippen molar-refractivity contribution < 1.29 is 13.2 Å². The number of pyridine rings is 1. The first kappa shape index (κ1) is 12.5. The zero-order valence-electron chi connectivity index (χ0n) is 10.2. The summed E-state index contributed by atoms with van der Waals surface area (Å²) < 4.78 is 40.3. The molecule has 0 amide bonds. The molecular weight excluding hydrogens is 255 g/mol. The van der Waals surface area contributed by atoms with Gasteiger partial charge in [-0.05, 0) is 31.5 Å². The SMILES string of the molecule is FC(F)(F)c1cccc2cnc(CC3CCCN3)n12. The molecule has 3 rings (SSSR count). The van der Waals surface area contributed by atoms with E-state index in [2.05, 4.69) is 10.3 Å². The predicted molar refractivity (Wildman–Crippen MR) is 64.9 cm³/mol. The number of nitrogens with zero attached hydrogens (tertiary/aromatic N) is 2. The molecule has 0 saturated carbocycles. The molecule has 3 heterocycles. The van der Waals surface area contributed by atoms with Gasteiger partial charge in [-0.25, -0.2) is 4.98 Å². The summed E-state index contributed by atoms with van der Waals surface area (Å²) in [6.07, 6.45) is -0.276. The van der Waals surface area contributed by atoms with Crippen molar-refractivity contribution in [3.63, 3.8) is 0 Å². The van der Waals surface area contributed by atoms with E-state index in [1.807, 2.05) is 0 Å². The fourth-order valence-corrected chi connectivity index (χ4v) is 2.63. The van der Waals surface area contributed by atoms with E-state index in [-0.39, 0.29) is 6.04 Å². The van der Waals surface area contributed by atoms with Crippen LogP contribution in [0.5, 0.6) is 0 Å². The summed E-state index contributed by atoms with van der Waals surface area (Å²) in [4.78, 5) is 4.16. The Morgan fingerprint density at radius 1 is 1.37 bits per heavy atom. The first-order valence-electron chi connectivity index (χ1n) is 6.31. The number of rotatable bonds is 2. The van der Waals surface area contributed by atoms with Crippen molar-refractivity contribution in [1.29, 1.82) is 0 Å². The minimum Gasteiger partial charge on any atom is -0.314 e. The highest BCUT2D eigenvalue weighted by Crippen LogP contribution is 2.30. The zero-order valence-corrected chi connectivity index (χ0v) is 10.2. The van der Waals surface area contributed by atoms with Gasteiger partial charge in [0.25, 0.3) is 0 Å². The topological polar surface area (TPSA) is 29.3 Å². The van der Waals surface area contributed by atoms with Gasteiger partial charge in [-0.15, -0.1) is 0 Å². The van der Waals surface area contributed by atoms with E-state index in [9.17, 15) is 13.2 Å². The Morgan fingerprint density at radius 2 is 2.21 bits per heavy atom. The Balaban J connectivity index is 2.04. The number of hydrogen-bond donors (Lipinski definition) is 1. The molecule has 3 nitrogen and oxygen atoms in total. The van der Waals surface area contributed by atoms with Crippen molar-refractivity contribution in [2.24, 2.45) is 0 Å². The van der Waals surface area contributed by atoms with Crippen molar-refractivity contribution in [2.45, 2.75) is 31.5 Å². The molecule has 0 aromatic carbocycles. The average Bonchev–Trinajstić information content (AvgIpc) is 2.98. The van der Waals surface area contributed by atoms with Gasteiger partial charge in [0, 0.05) is 12.5 Å². The molecule has 102 valence electrons. The summed E-state index contributed by atoms with van der Waals surface area (Å²) in [6.45, 7) is 0.931. The molecule has 1 fully saturated rings. The first-order chi connectivity index (χ1) is 9.05. The molecular formula is C13H14F3N3. The van der Waals surface area contributed by atoms with Crippen molar-refractivity contribution in [2.75, 3.05) is 6.54 Å². The van der Waals surface area contributed by atoms with Gasteiger partial charge in [0.1, 0.15) is 11.5 Å². The molecule has 2 aromatic heterocycles. The third-order valence-corrected chi connectivity index (χ3v) is 3.51. The second-order valence-electron chi connectivity index (χ2n) is 4.84. The number of fused-ring (bicyclic) bond motifs is 1. The number of aromatic nitrogens is 2. The number of nitrogens with one attached hydrogen (secondary N) is 1. The fourth-order valence-electron chi connectivity index (χ4n) is 2.63. The van der Waals surface area contributed by atoms with E-state index >= 15 is 0 Å². The molecule has 1 saturated heterocycles. The lowest BCUT2D eigenvalue weighted by Crippen LogP contribution is -2.25. The van der Waals surface area contributed by atoms with Crippen molar-refractivity contribution >= 4 is 5.52 Å². The molecule has 1 unspecified atom stereocenters. The van der Waals surface area contributed by atoms with E-state index in [0.29, 0.717) is 17.8 Å². The van der Waals surface area contributed by atoms with Crippen molar-refractivity contribution in [1.82, 2.24) is 14.7 Å². The molecule has 6 heteroatoms. The van der Waals surface area contributed by atoms with E-state index in [1.165, 1.54) is 16.7 Å². The van der Waals surface area contributed by atoms with Gasteiger partial charge < -0.3 is 5.32 Å². The number of alkyl halides is 3. The lowest BCUT2D eigenvalue weighted by molar-refractivity contribution is -0.142. The lowest BCUT2D eigenvalue weighted by Gasteiger charge is -2.14. The zero-order chi connectivity index (χ0) is 13.5. The van der Waals surface area contributed by atoms with Gasteiger partial charge in [-0.2, -0.15) is 13.2 Å². The highest BCUT2D eigenvalue weighted by molar-refractivity contribution is 5.48. The molecule has 0 aliphatic carbocycles. The minimum absolute atomic E-state index is 0.229. The van der Waals surface area contributed by atoms with Gasteiger partial charge >= 0.3 is 6.18 Å². The van der Waals surface area contributed by atoms with Crippen LogP contribution >= 0.6 is 0 Å². The lowest BCUT2D eigenvalue weighted by atomic mass is 10.1. The molecule has 0 spiro atoms. The number of imidazole rings is 1. The Morgan fingerprint density at radius 3 is 2.89 bits per heavy atom. The largest absolute Gasteiger partial charge is 0.431 e. The Bertz CT molecular complexity index is 582. The molecule has 1 N–H and O–H groups in total. The molecule has 1 aliphatic rings. The van der Waals surface area contributed by atoms with Gasteiger partial charge in [0.15, 0.2) is 0 Å². The van der Waals surface area contributed by atoms with Gasteiger partial charge in [0.05, 0.1) is 11.7 Å². The van der Waals surface area contributed by atoms with Gasteiger partial charge in [-0.3, -0.25) is 4.40 Å². The van der Waals surface area contributed by atoms with Crippen LogP contribution in [0.4, 0.5) is 13.2 Å². The minimum atomic E-state index is -4.36. The maximum absolute atomic E-state index is 13.0. The standard InChI is InChI=1S/C13H14F3N3/c14-13(15,16)11-5-1-4-10-8-18-12(19(10)11)7-9-3-2-6-17-9/h1,4-5,8-9,17H,2-3,6-7H2. The monoisotopic (exact) mass is 269 g/mol. The average molecular weight is 269 g/mol. The molecule has 0 bridgehead atoms. The van der Waals surface area contributed by atoms with Gasteiger partial charge in [0.2, 0.25) is 0 Å². The van der Waals surface area contributed by atoms with Crippen LogP contribution in [0.1, 0.15) is 24.4 Å². The summed E-state index contributed by atoms with van der Waals surface area (Å²) >= 11 is 0. The molecule has 0 radical (unpaired) electrons. The number of hydrogen-bond acceptors (Lipinski definition) is 2. The highest BCUT2D eigenvalue weighted by Gasteiger charge is 2.34. The third kappa shape index (κ3) is 2.32. The van der Waals surface area contributed by atoms with E-state index in [1.54, 1.807) is 6.07 Å². The van der Waals surface area contributed by atoms with Crippen LogP contribution in [0, 0.1) is 0 Å². The Labute approximate surface area is 108 Å². The van der Waals surface area contributed by atoms with Crippen LogP contribution in [-0.4, -0.2) is 22.0 Å². The van der Waals surface area contributed by atoms with Gasteiger partial charge in [-0.1, -0.05) is 6.07 Å². The molecule has 2 aromatic rings. The Kier molecular flexibility index (Phi) is 2.97. The first-order valence-corrected chi connectivity index (χ1v) is 6.31. The summed E-state index contributed by atoms with van der Waals surface area (Å²) in [5.74, 6) is 0.474. The van der Waals surface area contributed by atoms with E-state index < -0.39 is 11.9 Å². The summed E-state index contributed by atoms with van der Waals surface area (Å²) in [6, 6.07) is 4.39. The molecule has 1 atom stereocenters. The van der Waals surface area contributed by atoms with E-state index in [4.69, 9.17) is 0 Å². The highest BCUT2D eigenvalue weighted by atomic mass is 19.4. The molecule has 19 heavy (non-hydrogen) atoms. The summed E-state index contributed by atoms with van der Waals surface area (Å²) in [5.41, 5.74) is -0.168. The van der Waals surface area contributed by atoms with Crippen LogP contribution in [0.15, 0.2) is 24.4 Å². The normalized spacial score (nSPS) is 20.3. The fraction of sp³-hybridized carbons (Fsp3) is 0.462. The van der Waals surface area contributed by atoms with Crippen LogP contribution in [0.3, 0.4) is 0 Å². The predicted octanol–water partition coefficient (Wildman–Crippen LogP) is 2.65.